The fourth-order valence-corrected chi connectivity index (χ4v) is 4.98. The molecule has 2 aromatic carbocycles. The minimum Gasteiger partial charge on any atom is -0.463 e. The van der Waals surface area contributed by atoms with E-state index in [1.54, 1.807) is 6.07 Å². The van der Waals surface area contributed by atoms with Crippen molar-refractivity contribution >= 4 is 38.7 Å². The highest BCUT2D eigenvalue weighted by Crippen LogP contribution is 2.40. The lowest BCUT2D eigenvalue weighted by Gasteiger charge is -2.14. The predicted molar refractivity (Wildman–Crippen MR) is 148 cm³/mol. The van der Waals surface area contributed by atoms with Crippen molar-refractivity contribution in [1.82, 2.24) is 24.4 Å². The summed E-state index contributed by atoms with van der Waals surface area (Å²) in [5, 5.41) is 0.559. The quantitative estimate of drug-likeness (QED) is 0.283. The fourth-order valence-electron chi connectivity index (χ4n) is 4.98. The molecule has 0 aliphatic heterocycles. The van der Waals surface area contributed by atoms with Crippen LogP contribution in [0.5, 0.6) is 0 Å². The SMILES string of the molecule is CN(C)CCOC(=O)c1c(-c2ccc[nH]c2=O)c2c3occc3c(F)cc2n1Cc1cc2c(=O)[nH]cnc2cc1F. The minimum atomic E-state index is -0.804. The van der Waals surface area contributed by atoms with Crippen LogP contribution in [0.3, 0.4) is 0 Å². The molecule has 0 bridgehead atoms. The van der Waals surface area contributed by atoms with Crippen molar-refractivity contribution < 1.29 is 22.7 Å². The Bertz CT molecular complexity index is 2090. The molecular formula is C29H23F2N5O5. The summed E-state index contributed by atoms with van der Waals surface area (Å²) in [6, 6.07) is 8.21. The third kappa shape index (κ3) is 4.47. The first-order valence-electron chi connectivity index (χ1n) is 12.6. The van der Waals surface area contributed by atoms with Gasteiger partial charge in [0.1, 0.15) is 29.5 Å². The number of carbonyl (C=O) groups is 1. The van der Waals surface area contributed by atoms with Gasteiger partial charge in [-0.05, 0) is 44.4 Å². The summed E-state index contributed by atoms with van der Waals surface area (Å²) in [6.45, 7) is 0.133. The molecule has 6 rings (SSSR count). The van der Waals surface area contributed by atoms with Gasteiger partial charge in [0.2, 0.25) is 0 Å². The number of hydrogen-bond donors (Lipinski definition) is 2. The third-order valence-electron chi connectivity index (χ3n) is 6.91. The largest absolute Gasteiger partial charge is 0.463 e. The third-order valence-corrected chi connectivity index (χ3v) is 6.91. The number of nitrogens with zero attached hydrogens (tertiary/aromatic N) is 3. The van der Waals surface area contributed by atoms with E-state index in [9.17, 15) is 14.4 Å². The van der Waals surface area contributed by atoms with Crippen LogP contribution >= 0.6 is 0 Å². The number of pyridine rings is 1. The van der Waals surface area contributed by atoms with E-state index in [0.717, 1.165) is 6.07 Å². The van der Waals surface area contributed by atoms with E-state index in [-0.39, 0.29) is 68.3 Å². The first kappa shape index (κ1) is 26.1. The monoisotopic (exact) mass is 559 g/mol. The van der Waals surface area contributed by atoms with Gasteiger partial charge in [-0.15, -0.1) is 0 Å². The molecule has 41 heavy (non-hydrogen) atoms. The predicted octanol–water partition coefficient (Wildman–Crippen LogP) is 4.02. The zero-order valence-electron chi connectivity index (χ0n) is 22.0. The molecule has 0 spiro atoms. The van der Waals surface area contributed by atoms with Crippen molar-refractivity contribution in [3.05, 3.63) is 98.8 Å². The second kappa shape index (κ2) is 10.1. The van der Waals surface area contributed by atoms with Crippen molar-refractivity contribution in [3.8, 4) is 11.1 Å². The average molecular weight is 560 g/mol. The number of rotatable bonds is 7. The van der Waals surface area contributed by atoms with Gasteiger partial charge in [-0.25, -0.2) is 18.6 Å². The number of hydrogen-bond acceptors (Lipinski definition) is 7. The normalized spacial score (nSPS) is 11.7. The molecule has 6 aromatic rings. The Kier molecular flexibility index (Phi) is 6.46. The first-order chi connectivity index (χ1) is 19.7. The van der Waals surface area contributed by atoms with Crippen LogP contribution in [-0.4, -0.2) is 57.6 Å². The molecule has 10 nitrogen and oxygen atoms in total. The molecule has 0 saturated heterocycles. The summed E-state index contributed by atoms with van der Waals surface area (Å²) in [6.07, 6.45) is 3.92. The van der Waals surface area contributed by atoms with Crippen LogP contribution in [0.2, 0.25) is 0 Å². The van der Waals surface area contributed by atoms with E-state index in [2.05, 4.69) is 15.0 Å². The molecule has 0 aliphatic carbocycles. The average Bonchev–Trinajstić information content (AvgIpc) is 3.54. The first-order valence-corrected chi connectivity index (χ1v) is 12.6. The number of aromatic amines is 2. The Labute approximate surface area is 229 Å². The van der Waals surface area contributed by atoms with E-state index >= 15 is 8.78 Å². The molecule has 12 heteroatoms. The number of halogens is 2. The van der Waals surface area contributed by atoms with Crippen LogP contribution in [0.4, 0.5) is 8.78 Å². The number of likely N-dealkylation sites (N-methyl/N-ethyl adjacent to an activating group) is 1. The number of esters is 1. The number of benzene rings is 2. The van der Waals surface area contributed by atoms with Crippen molar-refractivity contribution in [1.29, 1.82) is 0 Å². The summed E-state index contributed by atoms with van der Waals surface area (Å²) in [5.74, 6) is -2.13. The number of nitrogens with one attached hydrogen (secondary N) is 2. The van der Waals surface area contributed by atoms with Crippen molar-refractivity contribution in [2.75, 3.05) is 27.2 Å². The van der Waals surface area contributed by atoms with Crippen molar-refractivity contribution in [3.63, 3.8) is 0 Å². The molecular weight excluding hydrogens is 536 g/mol. The van der Waals surface area contributed by atoms with Gasteiger partial charge in [0.15, 0.2) is 0 Å². The van der Waals surface area contributed by atoms with Crippen LogP contribution in [-0.2, 0) is 11.3 Å². The summed E-state index contributed by atoms with van der Waals surface area (Å²) in [5.41, 5.74) is -0.361. The smallest absolute Gasteiger partial charge is 0.355 e. The Hall–Kier alpha value is -5.10. The number of carbonyl (C=O) groups excluding carboxylic acids is 1. The van der Waals surface area contributed by atoms with Crippen LogP contribution in [0.15, 0.2) is 69.2 Å². The minimum absolute atomic E-state index is 0.0217. The molecule has 0 fully saturated rings. The van der Waals surface area contributed by atoms with E-state index in [0.29, 0.717) is 6.54 Å². The second-order valence-electron chi connectivity index (χ2n) is 9.77. The lowest BCUT2D eigenvalue weighted by Crippen LogP contribution is -2.22. The van der Waals surface area contributed by atoms with Crippen LogP contribution in [0.25, 0.3) is 43.9 Å². The lowest BCUT2D eigenvalue weighted by atomic mass is 10.0. The number of aromatic nitrogens is 4. The number of H-pyrrole nitrogens is 2. The molecule has 0 saturated carbocycles. The molecule has 0 atom stereocenters. The van der Waals surface area contributed by atoms with Gasteiger partial charge in [0.05, 0.1) is 51.9 Å². The zero-order valence-corrected chi connectivity index (χ0v) is 22.0. The van der Waals surface area contributed by atoms with Crippen molar-refractivity contribution in [2.24, 2.45) is 0 Å². The summed E-state index contributed by atoms with van der Waals surface area (Å²) in [7, 11) is 3.63. The Morgan fingerprint density at radius 3 is 2.68 bits per heavy atom. The molecule has 0 aliphatic rings. The second-order valence-corrected chi connectivity index (χ2v) is 9.77. The van der Waals surface area contributed by atoms with E-state index < -0.39 is 28.7 Å². The molecule has 4 heterocycles. The van der Waals surface area contributed by atoms with Gasteiger partial charge in [-0.2, -0.15) is 0 Å². The Morgan fingerprint density at radius 1 is 1.07 bits per heavy atom. The van der Waals surface area contributed by atoms with E-state index in [4.69, 9.17) is 9.15 Å². The van der Waals surface area contributed by atoms with Crippen LogP contribution < -0.4 is 11.1 Å². The highest BCUT2D eigenvalue weighted by Gasteiger charge is 2.30. The molecule has 0 unspecified atom stereocenters. The maximum Gasteiger partial charge on any atom is 0.355 e. The summed E-state index contributed by atoms with van der Waals surface area (Å²) < 4.78 is 43.4. The van der Waals surface area contributed by atoms with Crippen LogP contribution in [0.1, 0.15) is 16.1 Å². The van der Waals surface area contributed by atoms with Gasteiger partial charge in [-0.3, -0.25) is 9.59 Å². The molecule has 0 amide bonds. The highest BCUT2D eigenvalue weighted by molar-refractivity contribution is 6.17. The molecule has 0 radical (unpaired) electrons. The van der Waals surface area contributed by atoms with Gasteiger partial charge in [-0.1, -0.05) is 0 Å². The van der Waals surface area contributed by atoms with E-state index in [1.165, 1.54) is 47.6 Å². The summed E-state index contributed by atoms with van der Waals surface area (Å²) >= 11 is 0. The maximum absolute atomic E-state index is 15.4. The standard InChI is InChI=1S/C29H23F2N5O5/c1-35(2)7-9-41-29(39)25-23(17-4-3-6-32-27(17)37)24-22(12-20(31)16-5-8-40-26(16)24)36(25)13-15-10-18-21(11-19(15)30)33-14-34-28(18)38/h3-6,8,10-12,14H,7,9,13H2,1-2H3,(H,32,37)(H,33,34,38). The molecule has 2 N–H and O–H groups in total. The van der Waals surface area contributed by atoms with Gasteiger partial charge >= 0.3 is 5.97 Å². The van der Waals surface area contributed by atoms with Crippen molar-refractivity contribution in [2.45, 2.75) is 6.54 Å². The van der Waals surface area contributed by atoms with Crippen LogP contribution in [0, 0.1) is 11.6 Å². The number of fused-ring (bicyclic) bond motifs is 4. The van der Waals surface area contributed by atoms with Gasteiger partial charge in [0, 0.05) is 29.9 Å². The highest BCUT2D eigenvalue weighted by atomic mass is 19.1. The zero-order chi connectivity index (χ0) is 28.8. The Balaban J connectivity index is 1.68. The summed E-state index contributed by atoms with van der Waals surface area (Å²) in [4.78, 5) is 50.2. The topological polar surface area (TPSA) is 126 Å². The fraction of sp³-hybridized carbons (Fsp3) is 0.172. The molecule has 4 aromatic heterocycles. The number of furan rings is 1. The molecule has 208 valence electrons. The Morgan fingerprint density at radius 2 is 1.90 bits per heavy atom. The van der Waals surface area contributed by atoms with E-state index in [1.807, 2.05) is 19.0 Å². The van der Waals surface area contributed by atoms with Gasteiger partial charge in [0.25, 0.3) is 11.1 Å². The van der Waals surface area contributed by atoms with Gasteiger partial charge < -0.3 is 28.6 Å². The lowest BCUT2D eigenvalue weighted by molar-refractivity contribution is 0.0471. The maximum atomic E-state index is 15.4. The number of ether oxygens (including phenoxy) is 1.